The molecule has 1 aromatic carbocycles. The number of carbonyl (C=O) groups is 3. The van der Waals surface area contributed by atoms with E-state index in [0.717, 1.165) is 0 Å². The van der Waals surface area contributed by atoms with Crippen molar-refractivity contribution in [3.8, 4) is 11.5 Å². The van der Waals surface area contributed by atoms with Gasteiger partial charge in [0.05, 0.1) is 0 Å². The Balaban J connectivity index is 2.38. The molecule has 1 aromatic rings. The van der Waals surface area contributed by atoms with Crippen molar-refractivity contribution >= 4 is 29.9 Å². The highest BCUT2D eigenvalue weighted by molar-refractivity contribution is 6.06. The predicted octanol–water partition coefficient (Wildman–Crippen LogP) is 1.85. The van der Waals surface area contributed by atoms with Gasteiger partial charge in [0.1, 0.15) is 0 Å². The zero-order chi connectivity index (χ0) is 16.3. The summed E-state index contributed by atoms with van der Waals surface area (Å²) in [5.41, 5.74) is 0.670. The van der Waals surface area contributed by atoms with E-state index in [-0.39, 0.29) is 23.1 Å². The normalized spacial score (nSPS) is 15.3. The molecule has 114 valence electrons. The number of ether oxygens (including phenoxy) is 3. The molecule has 0 aliphatic carbocycles. The van der Waals surface area contributed by atoms with Gasteiger partial charge >= 0.3 is 17.9 Å². The third-order valence-electron chi connectivity index (χ3n) is 2.51. The van der Waals surface area contributed by atoms with Crippen LogP contribution < -0.4 is 9.47 Å². The van der Waals surface area contributed by atoms with Gasteiger partial charge in [-0.2, -0.15) is 0 Å². The first kappa shape index (κ1) is 15.4. The van der Waals surface area contributed by atoms with Crippen LogP contribution in [-0.2, 0) is 19.1 Å². The van der Waals surface area contributed by atoms with Crippen molar-refractivity contribution in [3.63, 3.8) is 0 Å². The predicted molar refractivity (Wildman–Crippen MR) is 76.2 cm³/mol. The van der Waals surface area contributed by atoms with Crippen LogP contribution in [0.3, 0.4) is 0 Å². The van der Waals surface area contributed by atoms with Gasteiger partial charge in [-0.25, -0.2) is 9.79 Å². The van der Waals surface area contributed by atoms with Crippen LogP contribution in [0.25, 0.3) is 6.08 Å². The molecule has 0 saturated carbocycles. The Morgan fingerprint density at radius 3 is 2.32 bits per heavy atom. The summed E-state index contributed by atoms with van der Waals surface area (Å²) in [5, 5.41) is 0. The fraction of sp³-hybridized carbons (Fsp3) is 0.200. The maximum Gasteiger partial charge on any atom is 0.363 e. The van der Waals surface area contributed by atoms with Crippen LogP contribution in [0.1, 0.15) is 26.3 Å². The second kappa shape index (κ2) is 6.21. The summed E-state index contributed by atoms with van der Waals surface area (Å²) in [7, 11) is 0. The Bertz CT molecular complexity index is 717. The average molecular weight is 303 g/mol. The fourth-order valence-electron chi connectivity index (χ4n) is 1.76. The highest BCUT2D eigenvalue weighted by Gasteiger charge is 2.20. The molecule has 0 unspecified atom stereocenters. The Morgan fingerprint density at radius 1 is 1.14 bits per heavy atom. The van der Waals surface area contributed by atoms with Crippen molar-refractivity contribution in [2.24, 2.45) is 4.99 Å². The molecular formula is C15H13NO6. The third-order valence-corrected chi connectivity index (χ3v) is 2.51. The minimum atomic E-state index is -0.563. The van der Waals surface area contributed by atoms with Crippen molar-refractivity contribution in [1.29, 1.82) is 0 Å². The summed E-state index contributed by atoms with van der Waals surface area (Å²) in [4.78, 5) is 37.6. The van der Waals surface area contributed by atoms with Gasteiger partial charge in [0.2, 0.25) is 0 Å². The van der Waals surface area contributed by atoms with Crippen LogP contribution in [0.15, 0.2) is 28.9 Å². The Kier molecular flexibility index (Phi) is 4.36. The average Bonchev–Trinajstić information content (AvgIpc) is 2.70. The first-order valence-corrected chi connectivity index (χ1v) is 6.35. The lowest BCUT2D eigenvalue weighted by atomic mass is 10.1. The largest absolute Gasteiger partial charge is 0.423 e. The first-order valence-electron chi connectivity index (χ1n) is 6.35. The van der Waals surface area contributed by atoms with E-state index in [9.17, 15) is 14.4 Å². The van der Waals surface area contributed by atoms with E-state index in [1.54, 1.807) is 13.0 Å². The van der Waals surface area contributed by atoms with Gasteiger partial charge < -0.3 is 14.2 Å². The summed E-state index contributed by atoms with van der Waals surface area (Å²) >= 11 is 0. The Hall–Kier alpha value is -2.96. The van der Waals surface area contributed by atoms with Crippen molar-refractivity contribution < 1.29 is 28.6 Å². The number of hydrogen-bond acceptors (Lipinski definition) is 7. The molecule has 0 bridgehead atoms. The molecule has 1 heterocycles. The highest BCUT2D eigenvalue weighted by atomic mass is 16.6. The van der Waals surface area contributed by atoms with Crippen LogP contribution >= 0.6 is 0 Å². The molecule has 7 nitrogen and oxygen atoms in total. The van der Waals surface area contributed by atoms with Crippen molar-refractivity contribution in [1.82, 2.24) is 0 Å². The number of esters is 3. The van der Waals surface area contributed by atoms with Gasteiger partial charge in [0, 0.05) is 20.8 Å². The Morgan fingerprint density at radius 2 is 1.77 bits per heavy atom. The molecule has 1 aliphatic rings. The molecule has 0 radical (unpaired) electrons. The zero-order valence-corrected chi connectivity index (χ0v) is 12.2. The van der Waals surface area contributed by atoms with Crippen LogP contribution in [0.4, 0.5) is 0 Å². The SMILES string of the molecule is CC(=O)Oc1ccc(C=C2N=C(C)OC2=O)cc1OC(C)=O. The first-order chi connectivity index (χ1) is 10.3. The second-order valence-electron chi connectivity index (χ2n) is 4.44. The highest BCUT2D eigenvalue weighted by Crippen LogP contribution is 2.30. The molecule has 0 N–H and O–H groups in total. The topological polar surface area (TPSA) is 91.3 Å². The van der Waals surface area contributed by atoms with E-state index in [1.165, 1.54) is 32.1 Å². The van der Waals surface area contributed by atoms with Crippen molar-refractivity contribution in [2.45, 2.75) is 20.8 Å². The second-order valence-corrected chi connectivity index (χ2v) is 4.44. The van der Waals surface area contributed by atoms with Gasteiger partial charge in [0.15, 0.2) is 23.1 Å². The number of cyclic esters (lactones) is 1. The van der Waals surface area contributed by atoms with E-state index >= 15 is 0 Å². The molecule has 0 saturated heterocycles. The lowest BCUT2D eigenvalue weighted by molar-refractivity contribution is -0.134. The van der Waals surface area contributed by atoms with Gasteiger partial charge in [0.25, 0.3) is 0 Å². The summed E-state index contributed by atoms with van der Waals surface area (Å²) in [6.45, 7) is 4.02. The van der Waals surface area contributed by atoms with Gasteiger partial charge in [-0.3, -0.25) is 9.59 Å². The number of carbonyl (C=O) groups excluding carboxylic acids is 3. The summed E-state index contributed by atoms with van der Waals surface area (Å²) in [6, 6.07) is 4.51. The number of nitrogens with zero attached hydrogens (tertiary/aromatic N) is 1. The van der Waals surface area contributed by atoms with E-state index < -0.39 is 17.9 Å². The van der Waals surface area contributed by atoms with Crippen LogP contribution in [0.2, 0.25) is 0 Å². The quantitative estimate of drug-likeness (QED) is 0.481. The smallest absolute Gasteiger partial charge is 0.363 e. The molecule has 0 fully saturated rings. The molecule has 0 aromatic heterocycles. The molecule has 22 heavy (non-hydrogen) atoms. The molecular weight excluding hydrogens is 290 g/mol. The maximum absolute atomic E-state index is 11.5. The molecule has 0 atom stereocenters. The van der Waals surface area contributed by atoms with Gasteiger partial charge in [-0.05, 0) is 23.8 Å². The molecule has 7 heteroatoms. The minimum absolute atomic E-state index is 0.0733. The molecule has 0 amide bonds. The lowest BCUT2D eigenvalue weighted by Gasteiger charge is -2.09. The number of benzene rings is 1. The van der Waals surface area contributed by atoms with E-state index in [1.807, 2.05) is 0 Å². The zero-order valence-electron chi connectivity index (χ0n) is 12.2. The molecule has 0 spiro atoms. The lowest BCUT2D eigenvalue weighted by Crippen LogP contribution is -2.07. The summed E-state index contributed by atoms with van der Waals surface area (Å²) in [5.74, 6) is -1.22. The van der Waals surface area contributed by atoms with Crippen LogP contribution in [0, 0.1) is 0 Å². The maximum atomic E-state index is 11.5. The van der Waals surface area contributed by atoms with Crippen molar-refractivity contribution in [3.05, 3.63) is 29.5 Å². The molecule has 2 rings (SSSR count). The summed E-state index contributed by atoms with van der Waals surface area (Å²) < 4.78 is 14.8. The standard InChI is InChI=1S/C15H13NO6/c1-8-16-12(15(19)20-8)6-11-4-5-13(21-9(2)17)14(7-11)22-10(3)18/h4-7H,1-3H3. The van der Waals surface area contributed by atoms with Crippen LogP contribution in [0.5, 0.6) is 11.5 Å². The van der Waals surface area contributed by atoms with E-state index in [2.05, 4.69) is 4.99 Å². The number of rotatable bonds is 3. The van der Waals surface area contributed by atoms with Gasteiger partial charge in [-0.1, -0.05) is 6.07 Å². The van der Waals surface area contributed by atoms with Crippen LogP contribution in [-0.4, -0.2) is 23.8 Å². The summed E-state index contributed by atoms with van der Waals surface area (Å²) in [6.07, 6.45) is 1.48. The van der Waals surface area contributed by atoms with E-state index in [4.69, 9.17) is 14.2 Å². The fourth-order valence-corrected chi connectivity index (χ4v) is 1.76. The Labute approximate surface area is 126 Å². The number of aliphatic imine (C=N–C) groups is 1. The number of hydrogen-bond donors (Lipinski definition) is 0. The minimum Gasteiger partial charge on any atom is -0.423 e. The van der Waals surface area contributed by atoms with Crippen molar-refractivity contribution in [2.75, 3.05) is 0 Å². The molecule has 1 aliphatic heterocycles. The third kappa shape index (κ3) is 3.78. The van der Waals surface area contributed by atoms with Gasteiger partial charge in [-0.15, -0.1) is 0 Å². The monoisotopic (exact) mass is 303 g/mol. The van der Waals surface area contributed by atoms with E-state index in [0.29, 0.717) is 5.56 Å².